The van der Waals surface area contributed by atoms with Gasteiger partial charge in [0.1, 0.15) is 23.0 Å². The fourth-order valence-electron chi connectivity index (χ4n) is 2.78. The van der Waals surface area contributed by atoms with Gasteiger partial charge in [0.25, 0.3) is 0 Å². The second kappa shape index (κ2) is 8.68. The molecule has 0 saturated heterocycles. The molecule has 0 radical (unpaired) electrons. The third kappa shape index (κ3) is 4.68. The van der Waals surface area contributed by atoms with Crippen molar-refractivity contribution in [1.29, 1.82) is 0 Å². The number of Topliss-reactive ketones (excluding diaryl/α,β-unsaturated/α-hetero) is 1. The Morgan fingerprint density at radius 3 is 2.52 bits per heavy atom. The summed E-state index contributed by atoms with van der Waals surface area (Å²) < 4.78 is 26.7. The molecule has 2 aromatic carbocycles. The molecule has 0 aliphatic carbocycles. The van der Waals surface area contributed by atoms with E-state index in [4.69, 9.17) is 23.7 Å². The van der Waals surface area contributed by atoms with Crippen molar-refractivity contribution in [1.82, 2.24) is 0 Å². The largest absolute Gasteiger partial charge is 0.497 e. The number of esters is 1. The topological polar surface area (TPSA) is 80.3 Å². The van der Waals surface area contributed by atoms with Gasteiger partial charge in [-0.25, -0.2) is 4.79 Å². The van der Waals surface area contributed by atoms with Gasteiger partial charge in [0.2, 0.25) is 5.78 Å². The first kappa shape index (κ1) is 20.3. The monoisotopic (exact) mass is 398 g/mol. The molecule has 1 heterocycles. The number of benzene rings is 2. The van der Waals surface area contributed by atoms with Crippen molar-refractivity contribution < 1.29 is 33.3 Å². The fourth-order valence-corrected chi connectivity index (χ4v) is 2.78. The third-order valence-corrected chi connectivity index (χ3v) is 4.09. The summed E-state index contributed by atoms with van der Waals surface area (Å²) in [5, 5.41) is 0. The van der Waals surface area contributed by atoms with Gasteiger partial charge in [-0.3, -0.25) is 4.79 Å². The van der Waals surface area contributed by atoms with Crippen LogP contribution in [0.3, 0.4) is 0 Å². The van der Waals surface area contributed by atoms with Crippen LogP contribution in [0, 0.1) is 0 Å². The molecular formula is C22H22O7. The van der Waals surface area contributed by atoms with Gasteiger partial charge < -0.3 is 23.7 Å². The highest BCUT2D eigenvalue weighted by molar-refractivity contribution is 6.14. The predicted octanol–water partition coefficient (Wildman–Crippen LogP) is 3.65. The van der Waals surface area contributed by atoms with Crippen molar-refractivity contribution in [2.75, 3.05) is 20.8 Å². The van der Waals surface area contributed by atoms with E-state index < -0.39 is 5.97 Å². The van der Waals surface area contributed by atoms with Gasteiger partial charge in [0.05, 0.1) is 25.9 Å². The molecule has 7 heteroatoms. The minimum absolute atomic E-state index is 0.167. The quantitative estimate of drug-likeness (QED) is 0.520. The first-order valence-corrected chi connectivity index (χ1v) is 9.04. The number of hydrogen-bond acceptors (Lipinski definition) is 7. The van der Waals surface area contributed by atoms with Crippen LogP contribution in [-0.4, -0.2) is 38.7 Å². The molecule has 3 rings (SSSR count). The highest BCUT2D eigenvalue weighted by atomic mass is 16.6. The Hall–Kier alpha value is -3.48. The lowest BCUT2D eigenvalue weighted by molar-refractivity contribution is -0.149. The Bertz CT molecular complexity index is 960. The van der Waals surface area contributed by atoms with Crippen molar-refractivity contribution in [3.63, 3.8) is 0 Å². The lowest BCUT2D eigenvalue weighted by Crippen LogP contribution is -2.18. The summed E-state index contributed by atoms with van der Waals surface area (Å²) in [7, 11) is 3.10. The molecular weight excluding hydrogens is 376 g/mol. The number of hydrogen-bond donors (Lipinski definition) is 0. The fraction of sp³-hybridized carbons (Fsp3) is 0.273. The zero-order valence-corrected chi connectivity index (χ0v) is 16.7. The summed E-state index contributed by atoms with van der Waals surface area (Å²) in [4.78, 5) is 24.3. The van der Waals surface area contributed by atoms with Crippen LogP contribution in [0.4, 0.5) is 0 Å². The molecule has 0 bridgehead atoms. The van der Waals surface area contributed by atoms with E-state index in [-0.39, 0.29) is 24.3 Å². The minimum Gasteiger partial charge on any atom is -0.497 e. The number of allylic oxidation sites excluding steroid dienone is 1. The molecule has 152 valence electrons. The van der Waals surface area contributed by atoms with Crippen LogP contribution >= 0.6 is 0 Å². The van der Waals surface area contributed by atoms with Crippen molar-refractivity contribution in [2.45, 2.75) is 20.0 Å². The maximum atomic E-state index is 12.6. The average Bonchev–Trinajstić information content (AvgIpc) is 3.01. The molecule has 29 heavy (non-hydrogen) atoms. The summed E-state index contributed by atoms with van der Waals surface area (Å²) in [6.45, 7) is 3.30. The van der Waals surface area contributed by atoms with Gasteiger partial charge in [-0.05, 0) is 44.2 Å². The zero-order chi connectivity index (χ0) is 21.0. The lowest BCUT2D eigenvalue weighted by atomic mass is 10.1. The van der Waals surface area contributed by atoms with E-state index in [1.165, 1.54) is 7.11 Å². The molecule has 0 amide bonds. The van der Waals surface area contributed by atoms with Gasteiger partial charge in [0.15, 0.2) is 12.4 Å². The van der Waals surface area contributed by atoms with Crippen LogP contribution in [-0.2, 0) is 9.53 Å². The Morgan fingerprint density at radius 2 is 1.83 bits per heavy atom. The van der Waals surface area contributed by atoms with Gasteiger partial charge in [-0.2, -0.15) is 0 Å². The van der Waals surface area contributed by atoms with Crippen LogP contribution < -0.4 is 18.9 Å². The van der Waals surface area contributed by atoms with E-state index in [0.717, 1.165) is 0 Å². The summed E-state index contributed by atoms with van der Waals surface area (Å²) in [6, 6.07) is 10.1. The molecule has 7 nitrogen and oxygen atoms in total. The number of carbonyl (C=O) groups is 2. The second-order valence-electron chi connectivity index (χ2n) is 6.53. The maximum Gasteiger partial charge on any atom is 0.344 e. The highest BCUT2D eigenvalue weighted by Gasteiger charge is 2.28. The lowest BCUT2D eigenvalue weighted by Gasteiger charge is -2.09. The predicted molar refractivity (Wildman–Crippen MR) is 106 cm³/mol. The summed E-state index contributed by atoms with van der Waals surface area (Å²) in [6.07, 6.45) is 1.40. The van der Waals surface area contributed by atoms with Crippen LogP contribution in [0.5, 0.6) is 23.0 Å². The minimum atomic E-state index is -0.468. The molecule has 0 saturated carbocycles. The number of fused-ring (bicyclic) bond motifs is 1. The van der Waals surface area contributed by atoms with Crippen molar-refractivity contribution in [2.24, 2.45) is 0 Å². The van der Waals surface area contributed by atoms with Gasteiger partial charge in [-0.1, -0.05) is 0 Å². The molecule has 0 fully saturated rings. The number of carbonyl (C=O) groups excluding carboxylic acids is 2. The molecule has 1 aliphatic heterocycles. The Labute approximate surface area is 168 Å². The maximum absolute atomic E-state index is 12.6. The number of ether oxygens (including phenoxy) is 5. The van der Waals surface area contributed by atoms with Crippen LogP contribution in [0.15, 0.2) is 42.2 Å². The van der Waals surface area contributed by atoms with E-state index in [0.29, 0.717) is 34.1 Å². The highest BCUT2D eigenvalue weighted by Crippen LogP contribution is 2.36. The van der Waals surface area contributed by atoms with Gasteiger partial charge in [0, 0.05) is 17.7 Å². The van der Waals surface area contributed by atoms with Crippen LogP contribution in [0.1, 0.15) is 29.8 Å². The van der Waals surface area contributed by atoms with E-state index in [9.17, 15) is 9.59 Å². The first-order chi connectivity index (χ1) is 13.9. The molecule has 0 atom stereocenters. The number of methoxy groups -OCH3 is 2. The van der Waals surface area contributed by atoms with E-state index in [2.05, 4.69) is 0 Å². The number of ketones is 1. The van der Waals surface area contributed by atoms with Gasteiger partial charge >= 0.3 is 5.97 Å². The standard InChI is InChI=1S/C22H22O7/c1-13(2)28-21(23)12-27-16-7-8-17-19(11-16)29-20(22(17)24)9-14-5-6-15(25-3)10-18(14)26-4/h5-11,13H,12H2,1-4H3. The first-order valence-electron chi connectivity index (χ1n) is 9.04. The van der Waals surface area contributed by atoms with E-state index in [1.54, 1.807) is 63.4 Å². The molecule has 1 aliphatic rings. The van der Waals surface area contributed by atoms with E-state index >= 15 is 0 Å². The molecule has 0 N–H and O–H groups in total. The second-order valence-corrected chi connectivity index (χ2v) is 6.53. The van der Waals surface area contributed by atoms with Crippen LogP contribution in [0.2, 0.25) is 0 Å². The van der Waals surface area contributed by atoms with Crippen LogP contribution in [0.25, 0.3) is 6.08 Å². The molecule has 0 aromatic heterocycles. The molecule has 0 unspecified atom stereocenters. The van der Waals surface area contributed by atoms with Crippen molar-refractivity contribution >= 4 is 17.8 Å². The Kier molecular flexibility index (Phi) is 6.07. The summed E-state index contributed by atoms with van der Waals surface area (Å²) in [5.74, 6) is 1.41. The Morgan fingerprint density at radius 1 is 1.07 bits per heavy atom. The zero-order valence-electron chi connectivity index (χ0n) is 16.7. The van der Waals surface area contributed by atoms with Crippen molar-refractivity contribution in [3.8, 4) is 23.0 Å². The SMILES string of the molecule is COc1ccc(C=C2Oc3cc(OCC(=O)OC(C)C)ccc3C2=O)c(OC)c1. The molecule has 2 aromatic rings. The summed E-state index contributed by atoms with van der Waals surface area (Å²) >= 11 is 0. The number of rotatable bonds is 7. The third-order valence-electron chi connectivity index (χ3n) is 4.09. The smallest absolute Gasteiger partial charge is 0.344 e. The Balaban J connectivity index is 1.77. The van der Waals surface area contributed by atoms with E-state index in [1.807, 2.05) is 0 Å². The molecule has 0 spiro atoms. The normalized spacial score (nSPS) is 13.8. The summed E-state index contributed by atoms with van der Waals surface area (Å²) in [5.41, 5.74) is 1.10. The van der Waals surface area contributed by atoms with Gasteiger partial charge in [-0.15, -0.1) is 0 Å². The average molecular weight is 398 g/mol. The van der Waals surface area contributed by atoms with Crippen molar-refractivity contribution in [3.05, 3.63) is 53.3 Å².